The number of fused-ring (bicyclic) bond motifs is 1. The molecule has 1 aromatic carbocycles. The highest BCUT2D eigenvalue weighted by Crippen LogP contribution is 2.18. The molecule has 0 aliphatic rings. The van der Waals surface area contributed by atoms with Gasteiger partial charge in [0.05, 0.1) is 0 Å². The zero-order chi connectivity index (χ0) is 16.9. The van der Waals surface area contributed by atoms with Crippen molar-refractivity contribution in [1.82, 2.24) is 15.3 Å². The van der Waals surface area contributed by atoms with Gasteiger partial charge < -0.3 is 10.3 Å². The number of aromatic amines is 1. The molecule has 0 saturated heterocycles. The minimum absolute atomic E-state index is 0.0294. The van der Waals surface area contributed by atoms with Crippen LogP contribution in [0.15, 0.2) is 54.4 Å². The number of nitrogens with one attached hydrogen (secondary N) is 2. The van der Waals surface area contributed by atoms with Crippen molar-refractivity contribution >= 4 is 34.6 Å². The largest absolute Gasteiger partial charge is 0.347 e. The molecule has 3 aromatic rings. The summed E-state index contributed by atoms with van der Waals surface area (Å²) in [7, 11) is 0. The van der Waals surface area contributed by atoms with Crippen LogP contribution in [0.2, 0.25) is 5.02 Å². The second kappa shape index (κ2) is 6.99. The first kappa shape index (κ1) is 15.8. The van der Waals surface area contributed by atoms with Crippen molar-refractivity contribution < 1.29 is 4.79 Å². The van der Waals surface area contributed by atoms with Gasteiger partial charge in [-0.3, -0.25) is 4.79 Å². The summed E-state index contributed by atoms with van der Waals surface area (Å²) in [5.41, 5.74) is 2.35. The van der Waals surface area contributed by atoms with Crippen LogP contribution in [0.4, 0.5) is 0 Å². The summed E-state index contributed by atoms with van der Waals surface area (Å²) >= 11 is 5.91. The van der Waals surface area contributed by atoms with Crippen LogP contribution in [0.5, 0.6) is 0 Å². The molecule has 24 heavy (non-hydrogen) atoms. The normalized spacial score (nSPS) is 11.2. The number of halogens is 1. The number of pyridine rings is 1. The summed E-state index contributed by atoms with van der Waals surface area (Å²) in [6.07, 6.45) is 4.95. The number of H-pyrrole nitrogens is 1. The number of amides is 1. The molecular weight excluding hydrogens is 324 g/mol. The highest BCUT2D eigenvalue weighted by molar-refractivity contribution is 6.30. The van der Waals surface area contributed by atoms with E-state index in [1.54, 1.807) is 36.7 Å². The number of hydrogen-bond donors (Lipinski definition) is 2. The lowest BCUT2D eigenvalue weighted by Gasteiger charge is -2.05. The van der Waals surface area contributed by atoms with Crippen molar-refractivity contribution in [3.05, 3.63) is 70.5 Å². The van der Waals surface area contributed by atoms with Gasteiger partial charge in [0.1, 0.15) is 17.3 Å². The molecule has 118 valence electrons. The smallest absolute Gasteiger partial charge is 0.262 e. The SMILES string of the molecule is N#C/C(=C\c1c[nH]c2ncccc12)C(=O)NCc1cccc(Cl)c1. The third-order valence-electron chi connectivity index (χ3n) is 3.49. The molecule has 0 bridgehead atoms. The Bertz CT molecular complexity index is 968. The van der Waals surface area contributed by atoms with Gasteiger partial charge >= 0.3 is 0 Å². The highest BCUT2D eigenvalue weighted by Gasteiger charge is 2.11. The number of nitriles is 1. The predicted octanol–water partition coefficient (Wildman–Crippen LogP) is 3.44. The number of aromatic nitrogens is 2. The summed E-state index contributed by atoms with van der Waals surface area (Å²) in [5.74, 6) is -0.435. The zero-order valence-corrected chi connectivity index (χ0v) is 13.3. The van der Waals surface area contributed by atoms with Crippen LogP contribution in [0.3, 0.4) is 0 Å². The molecule has 0 aliphatic heterocycles. The first-order chi connectivity index (χ1) is 11.7. The van der Waals surface area contributed by atoms with E-state index >= 15 is 0 Å². The Kier molecular flexibility index (Phi) is 4.59. The van der Waals surface area contributed by atoms with E-state index in [0.29, 0.717) is 17.2 Å². The van der Waals surface area contributed by atoms with E-state index < -0.39 is 5.91 Å². The summed E-state index contributed by atoms with van der Waals surface area (Å²) in [5, 5.41) is 13.5. The van der Waals surface area contributed by atoms with Crippen LogP contribution in [0, 0.1) is 11.3 Å². The van der Waals surface area contributed by atoms with E-state index in [2.05, 4.69) is 15.3 Å². The maximum Gasteiger partial charge on any atom is 0.262 e. The van der Waals surface area contributed by atoms with Crippen LogP contribution < -0.4 is 5.32 Å². The van der Waals surface area contributed by atoms with E-state index in [1.165, 1.54) is 0 Å². The fourth-order valence-electron chi connectivity index (χ4n) is 2.33. The minimum atomic E-state index is -0.435. The maximum atomic E-state index is 12.2. The molecule has 0 aliphatic carbocycles. The number of carbonyl (C=O) groups excluding carboxylic acids is 1. The molecule has 5 nitrogen and oxygen atoms in total. The molecule has 2 N–H and O–H groups in total. The molecule has 0 saturated carbocycles. The first-order valence-electron chi connectivity index (χ1n) is 7.24. The molecule has 0 fully saturated rings. The molecule has 1 amide bonds. The number of benzene rings is 1. The molecule has 2 aromatic heterocycles. The summed E-state index contributed by atoms with van der Waals surface area (Å²) < 4.78 is 0. The zero-order valence-electron chi connectivity index (χ0n) is 12.6. The third kappa shape index (κ3) is 3.45. The highest BCUT2D eigenvalue weighted by atomic mass is 35.5. The molecule has 0 atom stereocenters. The second-order valence-corrected chi connectivity index (χ2v) is 5.56. The average Bonchev–Trinajstić information content (AvgIpc) is 3.00. The molecule has 3 rings (SSSR count). The van der Waals surface area contributed by atoms with Crippen molar-refractivity contribution in [1.29, 1.82) is 5.26 Å². The Balaban J connectivity index is 1.78. The van der Waals surface area contributed by atoms with Crippen molar-refractivity contribution in [2.75, 3.05) is 0 Å². The van der Waals surface area contributed by atoms with Gasteiger partial charge in [-0.25, -0.2) is 4.98 Å². The second-order valence-electron chi connectivity index (χ2n) is 5.13. The first-order valence-corrected chi connectivity index (χ1v) is 7.61. The average molecular weight is 337 g/mol. The van der Waals surface area contributed by atoms with E-state index in [0.717, 1.165) is 16.5 Å². The quantitative estimate of drug-likeness (QED) is 0.565. The van der Waals surface area contributed by atoms with Gasteiger partial charge in [0, 0.05) is 34.9 Å². The van der Waals surface area contributed by atoms with Crippen LogP contribution in [0.1, 0.15) is 11.1 Å². The predicted molar refractivity (Wildman–Crippen MR) is 93.0 cm³/mol. The van der Waals surface area contributed by atoms with Crippen LogP contribution >= 0.6 is 11.6 Å². The van der Waals surface area contributed by atoms with Gasteiger partial charge in [-0.15, -0.1) is 0 Å². The Labute approximate surface area is 143 Å². The van der Waals surface area contributed by atoms with Gasteiger partial charge in [0.15, 0.2) is 0 Å². The number of hydrogen-bond acceptors (Lipinski definition) is 3. The van der Waals surface area contributed by atoms with Gasteiger partial charge in [0.25, 0.3) is 5.91 Å². The Morgan fingerprint density at radius 2 is 2.25 bits per heavy atom. The van der Waals surface area contributed by atoms with Crippen LogP contribution in [-0.2, 0) is 11.3 Å². The lowest BCUT2D eigenvalue weighted by atomic mass is 10.1. The fraction of sp³-hybridized carbons (Fsp3) is 0.0556. The Hall–Kier alpha value is -3.10. The van der Waals surface area contributed by atoms with Crippen molar-refractivity contribution in [2.24, 2.45) is 0 Å². The molecular formula is C18H13ClN4O. The Morgan fingerprint density at radius 3 is 3.04 bits per heavy atom. The number of nitrogens with zero attached hydrogens (tertiary/aromatic N) is 2. The van der Waals surface area contributed by atoms with Crippen molar-refractivity contribution in [3.8, 4) is 6.07 Å². The Morgan fingerprint density at radius 1 is 1.38 bits per heavy atom. The van der Waals surface area contributed by atoms with Gasteiger partial charge in [0.2, 0.25) is 0 Å². The lowest BCUT2D eigenvalue weighted by Crippen LogP contribution is -2.23. The van der Waals surface area contributed by atoms with Gasteiger partial charge in [-0.2, -0.15) is 5.26 Å². The monoisotopic (exact) mass is 336 g/mol. The van der Waals surface area contributed by atoms with Crippen molar-refractivity contribution in [3.63, 3.8) is 0 Å². The summed E-state index contributed by atoms with van der Waals surface area (Å²) in [6, 6.07) is 12.8. The van der Waals surface area contributed by atoms with Gasteiger partial charge in [-0.05, 0) is 35.9 Å². The third-order valence-corrected chi connectivity index (χ3v) is 3.73. The van der Waals surface area contributed by atoms with Crippen LogP contribution in [0.25, 0.3) is 17.1 Å². The molecule has 0 spiro atoms. The topological polar surface area (TPSA) is 81.6 Å². The molecule has 2 heterocycles. The molecule has 0 unspecified atom stereocenters. The maximum absolute atomic E-state index is 12.2. The fourth-order valence-corrected chi connectivity index (χ4v) is 2.54. The van der Waals surface area contributed by atoms with E-state index in [4.69, 9.17) is 11.6 Å². The van der Waals surface area contributed by atoms with E-state index in [9.17, 15) is 10.1 Å². The van der Waals surface area contributed by atoms with Crippen LogP contribution in [-0.4, -0.2) is 15.9 Å². The molecule has 0 radical (unpaired) electrons. The summed E-state index contributed by atoms with van der Waals surface area (Å²) in [4.78, 5) is 19.4. The van der Waals surface area contributed by atoms with E-state index in [-0.39, 0.29) is 5.57 Å². The summed E-state index contributed by atoms with van der Waals surface area (Å²) in [6.45, 7) is 0.299. The van der Waals surface area contributed by atoms with E-state index in [1.807, 2.05) is 24.3 Å². The molecule has 6 heteroatoms. The number of rotatable bonds is 4. The minimum Gasteiger partial charge on any atom is -0.347 e. The lowest BCUT2D eigenvalue weighted by molar-refractivity contribution is -0.117. The van der Waals surface area contributed by atoms with Crippen molar-refractivity contribution in [2.45, 2.75) is 6.54 Å². The van der Waals surface area contributed by atoms with Gasteiger partial charge in [-0.1, -0.05) is 23.7 Å². The standard InChI is InChI=1S/C18H13ClN4O/c19-15-4-1-3-12(7-15)10-23-18(24)13(9-20)8-14-11-22-17-16(14)5-2-6-21-17/h1-8,11H,10H2,(H,21,22)(H,23,24)/b13-8+. The number of carbonyl (C=O) groups is 1.